The van der Waals surface area contributed by atoms with Gasteiger partial charge in [0.2, 0.25) is 0 Å². The molecule has 0 spiro atoms. The molecule has 1 N–H and O–H groups in total. The van der Waals surface area contributed by atoms with Crippen molar-refractivity contribution in [3.8, 4) is 11.5 Å². The van der Waals surface area contributed by atoms with E-state index in [1.165, 1.54) is 0 Å². The molecule has 5 heteroatoms. The SMILES string of the molecule is COc1cccc(OCC(=O)NCCc2ccoc2)c1. The van der Waals surface area contributed by atoms with Gasteiger partial charge in [0.05, 0.1) is 19.6 Å². The van der Waals surface area contributed by atoms with Gasteiger partial charge in [-0.05, 0) is 30.2 Å². The van der Waals surface area contributed by atoms with Gasteiger partial charge in [-0.25, -0.2) is 0 Å². The van der Waals surface area contributed by atoms with Gasteiger partial charge in [-0.1, -0.05) is 6.07 Å². The molecule has 5 nitrogen and oxygen atoms in total. The molecule has 0 aliphatic carbocycles. The number of methoxy groups -OCH3 is 1. The molecule has 0 saturated heterocycles. The maximum atomic E-state index is 11.6. The normalized spacial score (nSPS) is 10.1. The Bertz CT molecular complexity index is 537. The highest BCUT2D eigenvalue weighted by Gasteiger charge is 2.03. The predicted molar refractivity (Wildman–Crippen MR) is 73.9 cm³/mol. The van der Waals surface area contributed by atoms with Crippen LogP contribution in [-0.2, 0) is 11.2 Å². The van der Waals surface area contributed by atoms with Gasteiger partial charge < -0.3 is 19.2 Å². The number of amides is 1. The largest absolute Gasteiger partial charge is 0.497 e. The van der Waals surface area contributed by atoms with Crippen LogP contribution >= 0.6 is 0 Å². The smallest absolute Gasteiger partial charge is 0.257 e. The molecule has 0 saturated carbocycles. The lowest BCUT2D eigenvalue weighted by Gasteiger charge is -2.08. The summed E-state index contributed by atoms with van der Waals surface area (Å²) in [6.07, 6.45) is 4.02. The van der Waals surface area contributed by atoms with E-state index in [2.05, 4.69) is 5.32 Å². The van der Waals surface area contributed by atoms with E-state index in [0.717, 1.165) is 12.0 Å². The van der Waals surface area contributed by atoms with E-state index in [1.807, 2.05) is 18.2 Å². The van der Waals surface area contributed by atoms with Gasteiger partial charge in [0, 0.05) is 12.6 Å². The molecule has 20 heavy (non-hydrogen) atoms. The lowest BCUT2D eigenvalue weighted by atomic mass is 10.2. The Kier molecular flexibility index (Phi) is 5.06. The van der Waals surface area contributed by atoms with Crippen molar-refractivity contribution < 1.29 is 18.7 Å². The Balaban J connectivity index is 1.69. The van der Waals surface area contributed by atoms with Gasteiger partial charge in [0.1, 0.15) is 11.5 Å². The van der Waals surface area contributed by atoms with Crippen LogP contribution in [0.3, 0.4) is 0 Å². The summed E-state index contributed by atoms with van der Waals surface area (Å²) >= 11 is 0. The molecule has 0 radical (unpaired) electrons. The lowest BCUT2D eigenvalue weighted by molar-refractivity contribution is -0.123. The van der Waals surface area contributed by atoms with E-state index >= 15 is 0 Å². The van der Waals surface area contributed by atoms with Crippen LogP contribution in [0.4, 0.5) is 0 Å². The monoisotopic (exact) mass is 275 g/mol. The second-order valence-corrected chi connectivity index (χ2v) is 4.20. The summed E-state index contributed by atoms with van der Waals surface area (Å²) in [4.78, 5) is 11.6. The summed E-state index contributed by atoms with van der Waals surface area (Å²) in [7, 11) is 1.59. The molecule has 106 valence electrons. The van der Waals surface area contributed by atoms with Crippen LogP contribution in [0, 0.1) is 0 Å². The maximum Gasteiger partial charge on any atom is 0.257 e. The fourth-order valence-electron chi connectivity index (χ4n) is 1.67. The van der Waals surface area contributed by atoms with Gasteiger partial charge in [0.15, 0.2) is 6.61 Å². The van der Waals surface area contributed by atoms with Crippen LogP contribution in [0.1, 0.15) is 5.56 Å². The molecule has 0 aliphatic rings. The molecule has 0 fully saturated rings. The highest BCUT2D eigenvalue weighted by molar-refractivity contribution is 5.77. The first-order valence-corrected chi connectivity index (χ1v) is 6.32. The molecular formula is C15H17NO4. The van der Waals surface area contributed by atoms with E-state index in [-0.39, 0.29) is 12.5 Å². The third-order valence-electron chi connectivity index (χ3n) is 2.73. The van der Waals surface area contributed by atoms with Crippen molar-refractivity contribution in [2.24, 2.45) is 0 Å². The molecule has 1 aromatic heterocycles. The van der Waals surface area contributed by atoms with E-state index in [1.54, 1.807) is 31.8 Å². The van der Waals surface area contributed by atoms with Gasteiger partial charge >= 0.3 is 0 Å². The molecule has 2 rings (SSSR count). The third-order valence-corrected chi connectivity index (χ3v) is 2.73. The molecule has 0 unspecified atom stereocenters. The second kappa shape index (κ2) is 7.23. The molecule has 0 atom stereocenters. The molecule has 1 amide bonds. The number of hydrogen-bond donors (Lipinski definition) is 1. The molecule has 2 aromatic rings. The summed E-state index contributed by atoms with van der Waals surface area (Å²) in [6, 6.07) is 9.02. The van der Waals surface area contributed by atoms with Gasteiger partial charge in [-0.15, -0.1) is 0 Å². The first-order chi connectivity index (χ1) is 9.78. The van der Waals surface area contributed by atoms with Crippen molar-refractivity contribution in [3.63, 3.8) is 0 Å². The summed E-state index contributed by atoms with van der Waals surface area (Å²) < 4.78 is 15.4. The third kappa shape index (κ3) is 4.35. The number of benzene rings is 1. The minimum Gasteiger partial charge on any atom is -0.497 e. The fraction of sp³-hybridized carbons (Fsp3) is 0.267. The molecule has 0 aliphatic heterocycles. The summed E-state index contributed by atoms with van der Waals surface area (Å²) in [5.74, 6) is 1.15. The maximum absolute atomic E-state index is 11.6. The lowest BCUT2D eigenvalue weighted by Crippen LogP contribution is -2.30. The van der Waals surface area contributed by atoms with Gasteiger partial charge in [-0.2, -0.15) is 0 Å². The Morgan fingerprint density at radius 3 is 2.90 bits per heavy atom. The van der Waals surface area contributed by atoms with Crippen molar-refractivity contribution in [1.29, 1.82) is 0 Å². The quantitative estimate of drug-likeness (QED) is 0.840. The minimum atomic E-state index is -0.156. The second-order valence-electron chi connectivity index (χ2n) is 4.20. The van der Waals surface area contributed by atoms with Crippen molar-refractivity contribution in [3.05, 3.63) is 48.4 Å². The summed E-state index contributed by atoms with van der Waals surface area (Å²) in [5.41, 5.74) is 1.05. The van der Waals surface area contributed by atoms with Crippen LogP contribution in [0.25, 0.3) is 0 Å². The number of carbonyl (C=O) groups excluding carboxylic acids is 1. The number of ether oxygens (including phenoxy) is 2. The minimum absolute atomic E-state index is 0.0153. The molecule has 1 heterocycles. The van der Waals surface area contributed by atoms with Crippen LogP contribution in [0.2, 0.25) is 0 Å². The summed E-state index contributed by atoms with van der Waals surface area (Å²) in [6.45, 7) is 0.540. The number of hydrogen-bond acceptors (Lipinski definition) is 4. The first-order valence-electron chi connectivity index (χ1n) is 6.32. The van der Waals surface area contributed by atoms with Crippen molar-refractivity contribution >= 4 is 5.91 Å². The molecule has 1 aromatic carbocycles. The van der Waals surface area contributed by atoms with Crippen molar-refractivity contribution in [2.75, 3.05) is 20.3 Å². The summed E-state index contributed by atoms with van der Waals surface area (Å²) in [5, 5.41) is 2.78. The van der Waals surface area contributed by atoms with E-state index in [9.17, 15) is 4.79 Å². The highest BCUT2D eigenvalue weighted by Crippen LogP contribution is 2.18. The van der Waals surface area contributed by atoms with Crippen LogP contribution in [0.5, 0.6) is 11.5 Å². The van der Waals surface area contributed by atoms with Gasteiger partial charge in [-0.3, -0.25) is 4.79 Å². The van der Waals surface area contributed by atoms with Crippen molar-refractivity contribution in [2.45, 2.75) is 6.42 Å². The number of rotatable bonds is 7. The average Bonchev–Trinajstić information content (AvgIpc) is 2.98. The first kappa shape index (κ1) is 14.0. The topological polar surface area (TPSA) is 60.7 Å². The Morgan fingerprint density at radius 1 is 1.30 bits per heavy atom. The number of nitrogens with one attached hydrogen (secondary N) is 1. The van der Waals surface area contributed by atoms with Crippen LogP contribution in [0.15, 0.2) is 47.3 Å². The number of furan rings is 1. The zero-order chi connectivity index (χ0) is 14.2. The van der Waals surface area contributed by atoms with Gasteiger partial charge in [0.25, 0.3) is 5.91 Å². The zero-order valence-corrected chi connectivity index (χ0v) is 11.3. The predicted octanol–water partition coefficient (Wildman–Crippen LogP) is 2.03. The van der Waals surface area contributed by atoms with E-state index in [4.69, 9.17) is 13.9 Å². The molecular weight excluding hydrogens is 258 g/mol. The Hall–Kier alpha value is -2.43. The fourth-order valence-corrected chi connectivity index (χ4v) is 1.67. The Morgan fingerprint density at radius 2 is 2.15 bits per heavy atom. The Labute approximate surface area is 117 Å². The molecule has 0 bridgehead atoms. The standard InChI is InChI=1S/C15H17NO4/c1-18-13-3-2-4-14(9-13)20-11-15(17)16-7-5-12-6-8-19-10-12/h2-4,6,8-10H,5,7,11H2,1H3,(H,16,17). The number of carbonyl (C=O) groups is 1. The van der Waals surface area contributed by atoms with Crippen molar-refractivity contribution in [1.82, 2.24) is 5.32 Å². The van der Waals surface area contributed by atoms with Crippen LogP contribution in [-0.4, -0.2) is 26.2 Å². The van der Waals surface area contributed by atoms with E-state index in [0.29, 0.717) is 18.0 Å². The average molecular weight is 275 g/mol. The van der Waals surface area contributed by atoms with E-state index < -0.39 is 0 Å². The highest BCUT2D eigenvalue weighted by atomic mass is 16.5. The van der Waals surface area contributed by atoms with Crippen LogP contribution < -0.4 is 14.8 Å². The zero-order valence-electron chi connectivity index (χ0n) is 11.3.